The van der Waals surface area contributed by atoms with Crippen LogP contribution in [0.25, 0.3) is 22.6 Å². The Balaban J connectivity index is 1.56. The van der Waals surface area contributed by atoms with Gasteiger partial charge in [-0.25, -0.2) is 14.2 Å². The predicted octanol–water partition coefficient (Wildman–Crippen LogP) is 6.46. The predicted molar refractivity (Wildman–Crippen MR) is 117 cm³/mol. The molecule has 0 radical (unpaired) electrons. The Hall–Kier alpha value is -3.44. The Bertz CT molecular complexity index is 1310. The SMILES string of the molecule is O=C(OCc1c(F)cccc1Cl)c1c2c(nc3ccccc13)C(=Cc1ccco1)CC2. The molecule has 2 aromatic carbocycles. The highest BCUT2D eigenvalue weighted by molar-refractivity contribution is 6.31. The van der Waals surface area contributed by atoms with Crippen LogP contribution in [0.2, 0.25) is 5.02 Å². The highest BCUT2D eigenvalue weighted by Crippen LogP contribution is 2.38. The first-order valence-electron chi connectivity index (χ1n) is 9.88. The van der Waals surface area contributed by atoms with Crippen LogP contribution >= 0.6 is 11.6 Å². The number of benzene rings is 2. The van der Waals surface area contributed by atoms with Gasteiger partial charge in [0.25, 0.3) is 0 Å². The number of carbonyl (C=O) groups excluding carboxylic acids is 1. The third kappa shape index (κ3) is 3.62. The molecule has 0 amide bonds. The zero-order valence-corrected chi connectivity index (χ0v) is 17.2. The van der Waals surface area contributed by atoms with Crippen molar-refractivity contribution < 1.29 is 18.3 Å². The number of esters is 1. The molecule has 5 rings (SSSR count). The van der Waals surface area contributed by atoms with Crippen molar-refractivity contribution in [1.82, 2.24) is 4.98 Å². The summed E-state index contributed by atoms with van der Waals surface area (Å²) >= 11 is 6.08. The lowest BCUT2D eigenvalue weighted by Crippen LogP contribution is -2.11. The van der Waals surface area contributed by atoms with Crippen molar-refractivity contribution in [2.75, 3.05) is 0 Å². The zero-order chi connectivity index (χ0) is 21.4. The van der Waals surface area contributed by atoms with E-state index in [9.17, 15) is 9.18 Å². The molecule has 0 aliphatic heterocycles. The average Bonchev–Trinajstić information content (AvgIpc) is 3.42. The number of hydrogen-bond acceptors (Lipinski definition) is 4. The molecule has 4 aromatic rings. The fraction of sp³-hybridized carbons (Fsp3) is 0.120. The number of halogens is 2. The molecular formula is C25H17ClFNO3. The number of rotatable bonds is 4. The smallest absolute Gasteiger partial charge is 0.339 e. The normalized spacial score (nSPS) is 14.2. The number of furan rings is 1. The fourth-order valence-corrected chi connectivity index (χ4v) is 4.15. The van der Waals surface area contributed by atoms with Crippen LogP contribution in [0.4, 0.5) is 4.39 Å². The van der Waals surface area contributed by atoms with Crippen molar-refractivity contribution in [2.45, 2.75) is 19.4 Å². The summed E-state index contributed by atoms with van der Waals surface area (Å²) in [5.41, 5.74) is 3.93. The van der Waals surface area contributed by atoms with E-state index < -0.39 is 11.8 Å². The Morgan fingerprint density at radius 3 is 2.81 bits per heavy atom. The van der Waals surface area contributed by atoms with Gasteiger partial charge in [0.05, 0.1) is 28.1 Å². The largest absolute Gasteiger partial charge is 0.465 e. The van der Waals surface area contributed by atoms with Crippen molar-refractivity contribution in [2.24, 2.45) is 0 Å². The van der Waals surface area contributed by atoms with Crippen LogP contribution in [0.15, 0.2) is 65.3 Å². The second-order valence-corrected chi connectivity index (χ2v) is 7.70. The van der Waals surface area contributed by atoms with Gasteiger partial charge in [0.1, 0.15) is 18.2 Å². The van der Waals surface area contributed by atoms with Gasteiger partial charge in [-0.2, -0.15) is 0 Å². The molecule has 0 saturated heterocycles. The number of fused-ring (bicyclic) bond motifs is 2. The zero-order valence-electron chi connectivity index (χ0n) is 16.4. The lowest BCUT2D eigenvalue weighted by Gasteiger charge is -2.13. The van der Waals surface area contributed by atoms with Gasteiger partial charge in [0.15, 0.2) is 0 Å². The second-order valence-electron chi connectivity index (χ2n) is 7.29. The molecule has 1 aliphatic carbocycles. The Kier molecular flexibility index (Phi) is 5.04. The first-order valence-corrected chi connectivity index (χ1v) is 10.3. The van der Waals surface area contributed by atoms with Crippen molar-refractivity contribution in [3.8, 4) is 0 Å². The van der Waals surface area contributed by atoms with Crippen molar-refractivity contribution in [1.29, 1.82) is 0 Å². The molecule has 0 fully saturated rings. The van der Waals surface area contributed by atoms with Gasteiger partial charge in [-0.05, 0) is 60.4 Å². The molecule has 0 spiro atoms. The summed E-state index contributed by atoms with van der Waals surface area (Å²) in [5.74, 6) is -0.293. The maximum Gasteiger partial charge on any atom is 0.339 e. The summed E-state index contributed by atoms with van der Waals surface area (Å²) in [7, 11) is 0. The van der Waals surface area contributed by atoms with Crippen molar-refractivity contribution in [3.63, 3.8) is 0 Å². The van der Waals surface area contributed by atoms with Gasteiger partial charge < -0.3 is 9.15 Å². The maximum atomic E-state index is 14.1. The minimum Gasteiger partial charge on any atom is -0.465 e. The minimum atomic E-state index is -0.520. The van der Waals surface area contributed by atoms with Gasteiger partial charge in [0, 0.05) is 10.9 Å². The lowest BCUT2D eigenvalue weighted by molar-refractivity contribution is 0.0470. The van der Waals surface area contributed by atoms with Crippen LogP contribution < -0.4 is 0 Å². The van der Waals surface area contributed by atoms with Crippen LogP contribution in [-0.4, -0.2) is 11.0 Å². The van der Waals surface area contributed by atoms with Gasteiger partial charge in [-0.3, -0.25) is 0 Å². The molecule has 6 heteroatoms. The van der Waals surface area contributed by atoms with E-state index in [4.69, 9.17) is 25.7 Å². The summed E-state index contributed by atoms with van der Waals surface area (Å²) in [5, 5.41) is 0.936. The van der Waals surface area contributed by atoms with Crippen LogP contribution in [-0.2, 0) is 17.8 Å². The van der Waals surface area contributed by atoms with Crippen LogP contribution in [0.5, 0.6) is 0 Å². The molecule has 154 valence electrons. The third-order valence-corrected chi connectivity index (χ3v) is 5.77. The Morgan fingerprint density at radius 2 is 2.00 bits per heavy atom. The monoisotopic (exact) mass is 433 g/mol. The van der Waals surface area contributed by atoms with Crippen LogP contribution in [0.3, 0.4) is 0 Å². The van der Waals surface area contributed by atoms with E-state index in [0.717, 1.165) is 29.0 Å². The molecule has 0 unspecified atom stereocenters. The number of carbonyl (C=O) groups is 1. The lowest BCUT2D eigenvalue weighted by atomic mass is 10.0. The molecule has 0 atom stereocenters. The number of para-hydroxylation sites is 1. The van der Waals surface area contributed by atoms with E-state index in [1.165, 1.54) is 12.1 Å². The van der Waals surface area contributed by atoms with Crippen molar-refractivity contribution >= 4 is 40.1 Å². The van der Waals surface area contributed by atoms with Crippen LogP contribution in [0.1, 0.15) is 39.4 Å². The molecule has 31 heavy (non-hydrogen) atoms. The van der Waals surface area contributed by atoms with E-state index in [1.54, 1.807) is 12.3 Å². The van der Waals surface area contributed by atoms with Crippen molar-refractivity contribution in [3.05, 3.63) is 99.8 Å². The molecule has 4 nitrogen and oxygen atoms in total. The third-order valence-electron chi connectivity index (χ3n) is 5.41. The number of ether oxygens (including phenoxy) is 1. The summed E-state index contributed by atoms with van der Waals surface area (Å²) < 4.78 is 25.1. The molecule has 0 bridgehead atoms. The molecule has 1 aliphatic rings. The maximum absolute atomic E-state index is 14.1. The van der Waals surface area contributed by atoms with E-state index in [-0.39, 0.29) is 17.2 Å². The quantitative estimate of drug-likeness (QED) is 0.346. The van der Waals surface area contributed by atoms with E-state index >= 15 is 0 Å². The second kappa shape index (κ2) is 8.00. The van der Waals surface area contributed by atoms with E-state index in [1.807, 2.05) is 42.5 Å². The number of aromatic nitrogens is 1. The molecular weight excluding hydrogens is 417 g/mol. The molecule has 0 N–H and O–H groups in total. The molecule has 2 heterocycles. The summed E-state index contributed by atoms with van der Waals surface area (Å²) in [6.07, 6.45) is 4.96. The van der Waals surface area contributed by atoms with Gasteiger partial charge >= 0.3 is 5.97 Å². The number of allylic oxidation sites excluding steroid dienone is 1. The molecule has 2 aromatic heterocycles. The van der Waals surface area contributed by atoms with Gasteiger partial charge in [0.2, 0.25) is 0 Å². The Labute approximate surface area is 182 Å². The highest BCUT2D eigenvalue weighted by Gasteiger charge is 2.28. The first kappa shape index (κ1) is 19.5. The fourth-order valence-electron chi connectivity index (χ4n) is 3.94. The van der Waals surface area contributed by atoms with Gasteiger partial charge in [-0.15, -0.1) is 0 Å². The van der Waals surface area contributed by atoms with Crippen LogP contribution in [0, 0.1) is 5.82 Å². The average molecular weight is 434 g/mol. The van der Waals surface area contributed by atoms with E-state index in [2.05, 4.69) is 0 Å². The molecule has 0 saturated carbocycles. The topological polar surface area (TPSA) is 52.3 Å². The Morgan fingerprint density at radius 1 is 1.13 bits per heavy atom. The first-order chi connectivity index (χ1) is 15.1. The number of pyridine rings is 1. The van der Waals surface area contributed by atoms with Gasteiger partial charge in [-0.1, -0.05) is 35.9 Å². The standard InChI is InChI=1S/C25H17ClFNO3/c26-20-7-3-8-21(27)19(20)14-31-25(29)23-17-6-1-2-9-22(17)28-24-15(10-11-18(23)24)13-16-5-4-12-30-16/h1-9,12-13H,10-11,14H2. The summed E-state index contributed by atoms with van der Waals surface area (Å²) in [6.45, 7) is -0.245. The highest BCUT2D eigenvalue weighted by atomic mass is 35.5. The number of nitrogens with zero attached hydrogens (tertiary/aromatic N) is 1. The summed E-state index contributed by atoms with van der Waals surface area (Å²) in [4.78, 5) is 18.0. The minimum absolute atomic E-state index is 0.158. The number of hydrogen-bond donors (Lipinski definition) is 0. The van der Waals surface area contributed by atoms with E-state index in [0.29, 0.717) is 22.9 Å². The summed E-state index contributed by atoms with van der Waals surface area (Å²) in [6, 6.07) is 15.5.